The van der Waals surface area contributed by atoms with Crippen LogP contribution in [0.1, 0.15) is 41.3 Å². The Kier molecular flexibility index (Phi) is 7.51. The van der Waals surface area contributed by atoms with Crippen LogP contribution in [0.5, 0.6) is 0 Å². The van der Waals surface area contributed by atoms with Crippen molar-refractivity contribution in [1.29, 1.82) is 0 Å². The molecule has 2 heterocycles. The molecule has 4 nitrogen and oxygen atoms in total. The van der Waals surface area contributed by atoms with Gasteiger partial charge in [0.05, 0.1) is 12.2 Å². The molecule has 0 aliphatic heterocycles. The molecule has 4 aromatic rings. The Bertz CT molecular complexity index is 1420. The molecule has 2 aromatic carbocycles. The van der Waals surface area contributed by atoms with Crippen LogP contribution in [0.4, 0.5) is 5.82 Å². The number of nitrogens with zero attached hydrogens (tertiary/aromatic N) is 4. The molecule has 1 aliphatic rings. The second kappa shape index (κ2) is 10.9. The van der Waals surface area contributed by atoms with Crippen molar-refractivity contribution < 1.29 is 0 Å². The van der Waals surface area contributed by atoms with Gasteiger partial charge >= 0.3 is 0 Å². The second-order valence-electron chi connectivity index (χ2n) is 9.02. The number of aromatic nitrogens is 3. The van der Waals surface area contributed by atoms with Crippen molar-refractivity contribution in [2.24, 2.45) is 4.99 Å². The smallest absolute Gasteiger partial charge is 0.161 e. The highest BCUT2D eigenvalue weighted by Gasteiger charge is 2.15. The zero-order chi connectivity index (χ0) is 24.8. The molecule has 5 rings (SSSR count). The maximum absolute atomic E-state index is 4.83. The highest BCUT2D eigenvalue weighted by molar-refractivity contribution is 5.93. The van der Waals surface area contributed by atoms with E-state index in [4.69, 9.17) is 10.1 Å². The van der Waals surface area contributed by atoms with Crippen LogP contribution in [0.25, 0.3) is 16.6 Å². The second-order valence-corrected chi connectivity index (χ2v) is 9.02. The Balaban J connectivity index is 0.000000356. The van der Waals surface area contributed by atoms with Gasteiger partial charge in [-0.25, -0.2) is 14.7 Å². The zero-order valence-electron chi connectivity index (χ0n) is 21.0. The standard InChI is InChI=1S/C24H24N4.C7H8/c1-16(2)21-13-22(25-14-19-7-5-6-8-19)26-24-23(21)18(4)27-28(24)15-20-11-9-17(3)10-12-20;1-7-5-3-2-4-6-7/h5-7,9-14H,1,8,15H2,2-4H3;2-6H,1H3. The summed E-state index contributed by atoms with van der Waals surface area (Å²) in [6.07, 6.45) is 9.07. The minimum absolute atomic E-state index is 0.676. The van der Waals surface area contributed by atoms with Crippen LogP contribution in [0.3, 0.4) is 0 Å². The quantitative estimate of drug-likeness (QED) is 0.286. The van der Waals surface area contributed by atoms with Crippen molar-refractivity contribution in [3.05, 3.63) is 119 Å². The topological polar surface area (TPSA) is 43.1 Å². The molecule has 0 atom stereocenters. The first kappa shape index (κ1) is 24.1. The first-order chi connectivity index (χ1) is 16.9. The van der Waals surface area contributed by atoms with Crippen molar-refractivity contribution >= 4 is 28.6 Å². The van der Waals surface area contributed by atoms with E-state index in [-0.39, 0.29) is 0 Å². The van der Waals surface area contributed by atoms with E-state index in [0.717, 1.165) is 34.3 Å². The summed E-state index contributed by atoms with van der Waals surface area (Å²) in [7, 11) is 0. The van der Waals surface area contributed by atoms with E-state index in [1.165, 1.54) is 22.3 Å². The molecule has 0 bridgehead atoms. The number of pyridine rings is 1. The summed E-state index contributed by atoms with van der Waals surface area (Å²) in [5, 5.41) is 5.82. The lowest BCUT2D eigenvalue weighted by Crippen LogP contribution is -2.03. The Morgan fingerprint density at radius 3 is 2.34 bits per heavy atom. The number of allylic oxidation sites excluding steroid dienone is 5. The maximum Gasteiger partial charge on any atom is 0.161 e. The van der Waals surface area contributed by atoms with Gasteiger partial charge in [0, 0.05) is 11.6 Å². The van der Waals surface area contributed by atoms with Crippen molar-refractivity contribution in [3.63, 3.8) is 0 Å². The van der Waals surface area contributed by atoms with Gasteiger partial charge in [0.25, 0.3) is 0 Å². The molecule has 35 heavy (non-hydrogen) atoms. The molecule has 4 heteroatoms. The molecule has 0 unspecified atom stereocenters. The van der Waals surface area contributed by atoms with Crippen molar-refractivity contribution in [1.82, 2.24) is 14.8 Å². The average Bonchev–Trinajstić information content (AvgIpc) is 3.48. The Hall–Kier alpha value is -4.05. The highest BCUT2D eigenvalue weighted by Crippen LogP contribution is 2.30. The van der Waals surface area contributed by atoms with Crippen LogP contribution in [0.2, 0.25) is 0 Å². The van der Waals surface area contributed by atoms with Crippen molar-refractivity contribution in [2.75, 3.05) is 0 Å². The van der Waals surface area contributed by atoms with Gasteiger partial charge < -0.3 is 0 Å². The number of hydrogen-bond acceptors (Lipinski definition) is 3. The molecule has 0 saturated heterocycles. The van der Waals surface area contributed by atoms with Crippen LogP contribution in [-0.2, 0) is 6.54 Å². The Morgan fingerprint density at radius 1 is 1.03 bits per heavy atom. The lowest BCUT2D eigenvalue weighted by atomic mass is 10.1. The molecule has 0 fully saturated rings. The summed E-state index contributed by atoms with van der Waals surface area (Å²) >= 11 is 0. The highest BCUT2D eigenvalue weighted by atomic mass is 15.3. The van der Waals surface area contributed by atoms with Crippen molar-refractivity contribution in [3.8, 4) is 0 Å². The van der Waals surface area contributed by atoms with Gasteiger partial charge in [-0.3, -0.25) is 0 Å². The number of benzene rings is 2. The van der Waals surface area contributed by atoms with Gasteiger partial charge in [0.15, 0.2) is 11.5 Å². The van der Waals surface area contributed by atoms with Crippen molar-refractivity contribution in [2.45, 2.75) is 40.7 Å². The van der Waals surface area contributed by atoms with Crippen LogP contribution in [0, 0.1) is 20.8 Å². The van der Waals surface area contributed by atoms with Crippen LogP contribution >= 0.6 is 0 Å². The Morgan fingerprint density at radius 2 is 1.74 bits per heavy atom. The summed E-state index contributed by atoms with van der Waals surface area (Å²) < 4.78 is 1.97. The van der Waals surface area contributed by atoms with E-state index in [2.05, 4.69) is 80.0 Å². The largest absolute Gasteiger partial charge is 0.242 e. The summed E-state index contributed by atoms with van der Waals surface area (Å²) in [5.41, 5.74) is 8.82. The van der Waals surface area contributed by atoms with E-state index < -0.39 is 0 Å². The third kappa shape index (κ3) is 6.10. The molecule has 0 amide bonds. The number of aliphatic imine (C=N–C) groups is 1. The fraction of sp³-hybridized carbons (Fsp3) is 0.194. The SMILES string of the molecule is C=C(C)c1cc(N=CC2=CC=CC2)nc2c1c(C)nn2Cc1ccc(C)cc1.Cc1ccccc1. The van der Waals surface area contributed by atoms with Crippen LogP contribution in [-0.4, -0.2) is 21.0 Å². The van der Waals surface area contributed by atoms with E-state index in [1.807, 2.05) is 49.0 Å². The first-order valence-electron chi connectivity index (χ1n) is 11.9. The molecular formula is C31H32N4. The van der Waals surface area contributed by atoms with Gasteiger partial charge in [-0.1, -0.05) is 96.1 Å². The molecule has 0 radical (unpaired) electrons. The van der Waals surface area contributed by atoms with E-state index in [9.17, 15) is 0 Å². The number of fused-ring (bicyclic) bond motifs is 1. The fourth-order valence-corrected chi connectivity index (χ4v) is 3.96. The van der Waals surface area contributed by atoms with Gasteiger partial charge in [-0.2, -0.15) is 5.10 Å². The van der Waals surface area contributed by atoms with Crippen LogP contribution in [0.15, 0.2) is 96.0 Å². The molecule has 2 aromatic heterocycles. The van der Waals surface area contributed by atoms with E-state index >= 15 is 0 Å². The molecule has 0 spiro atoms. The summed E-state index contributed by atoms with van der Waals surface area (Å²) in [6.45, 7) is 13.1. The monoisotopic (exact) mass is 460 g/mol. The number of hydrogen-bond donors (Lipinski definition) is 0. The summed E-state index contributed by atoms with van der Waals surface area (Å²) in [5.74, 6) is 0.684. The number of aryl methyl sites for hydroxylation is 3. The minimum atomic E-state index is 0.676. The summed E-state index contributed by atoms with van der Waals surface area (Å²) in [6, 6.07) is 20.8. The first-order valence-corrected chi connectivity index (χ1v) is 11.9. The van der Waals surface area contributed by atoms with Crippen LogP contribution < -0.4 is 0 Å². The zero-order valence-corrected chi connectivity index (χ0v) is 21.0. The molecule has 1 aliphatic carbocycles. The normalized spacial score (nSPS) is 12.6. The van der Waals surface area contributed by atoms with Gasteiger partial charge in [-0.15, -0.1) is 0 Å². The molecular weight excluding hydrogens is 428 g/mol. The molecule has 0 N–H and O–H groups in total. The fourth-order valence-electron chi connectivity index (χ4n) is 3.96. The van der Waals surface area contributed by atoms with E-state index in [1.54, 1.807) is 0 Å². The lowest BCUT2D eigenvalue weighted by Gasteiger charge is -2.07. The lowest BCUT2D eigenvalue weighted by molar-refractivity contribution is 0.696. The number of rotatable bonds is 5. The maximum atomic E-state index is 4.83. The molecule has 0 saturated carbocycles. The van der Waals surface area contributed by atoms with Gasteiger partial charge in [0.1, 0.15) is 0 Å². The van der Waals surface area contributed by atoms with Gasteiger partial charge in [-0.05, 0) is 56.9 Å². The third-order valence-corrected chi connectivity index (χ3v) is 5.88. The average molecular weight is 461 g/mol. The molecule has 176 valence electrons. The Labute approximate surface area is 208 Å². The van der Waals surface area contributed by atoms with Gasteiger partial charge in [0.2, 0.25) is 0 Å². The third-order valence-electron chi connectivity index (χ3n) is 5.88. The predicted octanol–water partition coefficient (Wildman–Crippen LogP) is 7.71. The van der Waals surface area contributed by atoms with E-state index in [0.29, 0.717) is 12.4 Å². The minimum Gasteiger partial charge on any atom is -0.242 e. The predicted molar refractivity (Wildman–Crippen MR) is 148 cm³/mol. The summed E-state index contributed by atoms with van der Waals surface area (Å²) in [4.78, 5) is 9.45.